The smallest absolute Gasteiger partial charge is 0 e. The summed E-state index contributed by atoms with van der Waals surface area (Å²) in [5.74, 6) is 0. The van der Waals surface area contributed by atoms with Crippen LogP contribution < -0.4 is 0 Å². The molecular formula is H10Gd2O5U. The van der Waals surface area contributed by atoms with Gasteiger partial charge in [-0.05, 0) is 0 Å². The van der Waals surface area contributed by atoms with Crippen LogP contribution in [-0.4, -0.2) is 27.4 Å². The molecule has 0 unspecified atom stereocenters. The summed E-state index contributed by atoms with van der Waals surface area (Å²) in [4.78, 5) is 0. The molecule has 0 spiro atoms. The van der Waals surface area contributed by atoms with Gasteiger partial charge in [-0.25, -0.2) is 0 Å². The zero-order chi connectivity index (χ0) is 0. The van der Waals surface area contributed by atoms with Crippen LogP contribution in [-0.2, 0) is 0 Å². The van der Waals surface area contributed by atoms with E-state index in [1.807, 2.05) is 0 Å². The van der Waals surface area contributed by atoms with Crippen molar-refractivity contribution >= 4 is 0 Å². The minimum atomic E-state index is 0. The van der Waals surface area contributed by atoms with Gasteiger partial charge < -0.3 is 27.4 Å². The molecule has 0 aromatic carbocycles. The van der Waals surface area contributed by atoms with Gasteiger partial charge in [0.25, 0.3) is 0 Å². The second kappa shape index (κ2) is 77.3. The van der Waals surface area contributed by atoms with Crippen molar-refractivity contribution in [2.45, 2.75) is 0 Å². The topological polar surface area (TPSA) is 158 Å². The van der Waals surface area contributed by atoms with Gasteiger partial charge in [0.2, 0.25) is 0 Å². The van der Waals surface area contributed by atoms with Crippen molar-refractivity contribution in [3.05, 3.63) is 0 Å². The zero-order valence-electron chi connectivity index (χ0n) is 3.71. The second-order valence-electron chi connectivity index (χ2n) is 0. The van der Waals surface area contributed by atoms with E-state index in [9.17, 15) is 0 Å². The van der Waals surface area contributed by atoms with Crippen molar-refractivity contribution in [3.63, 3.8) is 0 Å². The number of hydrogen-bond acceptors (Lipinski definition) is 0. The van der Waals surface area contributed by atoms with Crippen LogP contribution in [0, 0.1) is 111 Å². The van der Waals surface area contributed by atoms with Crippen molar-refractivity contribution < 1.29 is 138 Å². The molecule has 60 valence electrons. The third-order valence-corrected chi connectivity index (χ3v) is 0. The molecule has 0 saturated heterocycles. The monoisotopic (exact) mass is 644 g/mol. The fourth-order valence-electron chi connectivity index (χ4n) is 0. The van der Waals surface area contributed by atoms with E-state index in [1.165, 1.54) is 0 Å². The molecule has 0 aliphatic carbocycles. The van der Waals surface area contributed by atoms with Gasteiger partial charge in [-0.1, -0.05) is 0 Å². The molecule has 8 heteroatoms. The van der Waals surface area contributed by atoms with Crippen LogP contribution in [0.25, 0.3) is 0 Å². The maximum Gasteiger partial charge on any atom is 0 e. The third-order valence-electron chi connectivity index (χ3n) is 0. The Morgan fingerprint density at radius 1 is 0.375 bits per heavy atom. The Bertz CT molecular complexity index is 10.4. The molecule has 0 fully saturated rings. The summed E-state index contributed by atoms with van der Waals surface area (Å²) >= 11 is 0. The summed E-state index contributed by atoms with van der Waals surface area (Å²) in [6.45, 7) is 0. The number of hydrogen-bond donors (Lipinski definition) is 0. The SMILES string of the molecule is O.O.O.O.O.[Gd].[Gd].[U]. The quantitative estimate of drug-likeness (QED) is 0.252. The van der Waals surface area contributed by atoms with E-state index in [4.69, 9.17) is 0 Å². The van der Waals surface area contributed by atoms with Gasteiger partial charge in [-0.2, -0.15) is 0 Å². The Morgan fingerprint density at radius 2 is 0.375 bits per heavy atom. The Labute approximate surface area is 135 Å². The Hall–Kier alpha value is 3.50. The molecule has 0 atom stereocenters. The fraction of sp³-hybridized carbons (Fsp3) is 0. The van der Waals surface area contributed by atoms with Gasteiger partial charge in [0.15, 0.2) is 0 Å². The van der Waals surface area contributed by atoms with Gasteiger partial charge in [-0.3, -0.25) is 0 Å². The first-order chi connectivity index (χ1) is 0. The number of rotatable bonds is 0. The van der Waals surface area contributed by atoms with Gasteiger partial charge in [0.1, 0.15) is 0 Å². The van der Waals surface area contributed by atoms with Gasteiger partial charge in [0.05, 0.1) is 0 Å². The predicted octanol–water partition coefficient (Wildman–Crippen LogP) is -4.12. The van der Waals surface area contributed by atoms with Crippen molar-refractivity contribution in [2.24, 2.45) is 0 Å². The summed E-state index contributed by atoms with van der Waals surface area (Å²) in [7, 11) is 0. The van der Waals surface area contributed by atoms with E-state index in [1.54, 1.807) is 0 Å². The molecule has 0 heterocycles. The minimum Gasteiger partial charge on any atom is -0.412 e. The van der Waals surface area contributed by atoms with Crippen molar-refractivity contribution in [1.29, 1.82) is 0 Å². The van der Waals surface area contributed by atoms with E-state index >= 15 is 0 Å². The van der Waals surface area contributed by atoms with Crippen LogP contribution in [0.2, 0.25) is 0 Å². The first kappa shape index (κ1) is 103. The van der Waals surface area contributed by atoms with Gasteiger partial charge >= 0.3 is 0 Å². The first-order valence-corrected chi connectivity index (χ1v) is 0. The van der Waals surface area contributed by atoms with Crippen LogP contribution in [0.5, 0.6) is 0 Å². The fourth-order valence-corrected chi connectivity index (χ4v) is 0. The van der Waals surface area contributed by atoms with Crippen LogP contribution in [0.15, 0.2) is 0 Å². The second-order valence-corrected chi connectivity index (χ2v) is 0. The van der Waals surface area contributed by atoms with E-state index in [0.29, 0.717) is 0 Å². The molecule has 0 radical (unpaired) electrons. The van der Waals surface area contributed by atoms with Crippen molar-refractivity contribution in [2.75, 3.05) is 0 Å². The molecule has 0 aliphatic rings. The van der Waals surface area contributed by atoms with Crippen LogP contribution in [0.4, 0.5) is 0 Å². The molecule has 0 aromatic heterocycles. The zero-order valence-corrected chi connectivity index (χ0v) is 12.4. The summed E-state index contributed by atoms with van der Waals surface area (Å²) in [6, 6.07) is 0. The molecule has 8 heavy (non-hydrogen) atoms. The van der Waals surface area contributed by atoms with Crippen LogP contribution in [0.1, 0.15) is 0 Å². The Kier molecular flexibility index (Phi) is 1000. The molecule has 0 bridgehead atoms. The van der Waals surface area contributed by atoms with Crippen molar-refractivity contribution in [1.82, 2.24) is 0 Å². The molecule has 10 N–H and O–H groups in total. The van der Waals surface area contributed by atoms with Crippen molar-refractivity contribution in [3.8, 4) is 0 Å². The third kappa shape index (κ3) is 56.0. The largest absolute Gasteiger partial charge is 0.412 e. The summed E-state index contributed by atoms with van der Waals surface area (Å²) in [5.41, 5.74) is 0. The molecule has 0 saturated carbocycles. The van der Waals surface area contributed by atoms with E-state index in [2.05, 4.69) is 0 Å². The maximum atomic E-state index is 0. The Balaban J connectivity index is 0. The Morgan fingerprint density at radius 3 is 0.375 bits per heavy atom. The van der Waals surface area contributed by atoms with Crippen LogP contribution >= 0.6 is 0 Å². The average Bonchev–Trinajstić information content (AvgIpc) is 0. The standard InChI is InChI=1S/2Gd.5H2O.U/h;;5*1H2;. The summed E-state index contributed by atoms with van der Waals surface area (Å²) in [5, 5.41) is 0. The van der Waals surface area contributed by atoms with E-state index in [-0.39, 0.29) is 138 Å². The predicted molar refractivity (Wildman–Crippen MR) is 18.1 cm³/mol. The molecular weight excluding hydrogens is 633 g/mol. The maximum absolute atomic E-state index is 0. The van der Waals surface area contributed by atoms with Gasteiger partial charge in [0, 0.05) is 111 Å². The average molecular weight is 643 g/mol. The molecule has 0 aliphatic heterocycles. The van der Waals surface area contributed by atoms with E-state index < -0.39 is 0 Å². The molecule has 0 aromatic rings. The minimum absolute atomic E-state index is 0. The molecule has 5 nitrogen and oxygen atoms in total. The molecule has 0 amide bonds. The summed E-state index contributed by atoms with van der Waals surface area (Å²) in [6.07, 6.45) is 0. The van der Waals surface area contributed by atoms with Crippen LogP contribution in [0.3, 0.4) is 0 Å². The normalized spacial score (nSPS) is 0. The first-order valence-electron chi connectivity index (χ1n) is 0. The summed E-state index contributed by atoms with van der Waals surface area (Å²) < 4.78 is 0. The van der Waals surface area contributed by atoms with E-state index in [0.717, 1.165) is 0 Å². The molecule has 0 rings (SSSR count). The van der Waals surface area contributed by atoms with Gasteiger partial charge in [-0.15, -0.1) is 0 Å².